The average molecular weight is 519 g/mol. The quantitative estimate of drug-likeness (QED) is 0.411. The molecule has 4 atom stereocenters. The van der Waals surface area contributed by atoms with Gasteiger partial charge in [-0.3, -0.25) is 9.59 Å². The smallest absolute Gasteiger partial charge is 0.303 e. The van der Waals surface area contributed by atoms with Gasteiger partial charge in [0.25, 0.3) is 5.91 Å². The van der Waals surface area contributed by atoms with Gasteiger partial charge in [0.05, 0.1) is 18.1 Å². The molecule has 2 aliphatic rings. The zero-order chi connectivity index (χ0) is 23.4. The molecular weight excluding hydrogens is 488 g/mol. The lowest BCUT2D eigenvalue weighted by Gasteiger charge is -2.26. The largest absolute Gasteiger partial charge is 0.481 e. The number of carbonyl (C=O) groups excluding carboxylic acids is 1. The Hall–Kier alpha value is -2.19. The molecule has 8 heteroatoms. The normalized spacial score (nSPS) is 23.7. The van der Waals surface area contributed by atoms with Crippen LogP contribution in [0.4, 0.5) is 0 Å². The van der Waals surface area contributed by atoms with E-state index in [4.69, 9.17) is 14.3 Å². The van der Waals surface area contributed by atoms with Crippen LogP contribution in [0, 0.1) is 5.92 Å². The van der Waals surface area contributed by atoms with Crippen LogP contribution in [0.3, 0.4) is 0 Å². The van der Waals surface area contributed by atoms with Gasteiger partial charge < -0.3 is 19.6 Å². The Kier molecular flexibility index (Phi) is 7.86. The summed E-state index contributed by atoms with van der Waals surface area (Å²) in [7, 11) is 0. The molecule has 178 valence electrons. The van der Waals surface area contributed by atoms with Crippen molar-refractivity contribution in [3.63, 3.8) is 0 Å². The molecule has 1 aromatic carbocycles. The molecular formula is C25H31BrN2O5. The number of hydrogen-bond donors (Lipinski definition) is 2. The molecule has 2 N–H and O–H groups in total. The van der Waals surface area contributed by atoms with Crippen molar-refractivity contribution >= 4 is 27.8 Å². The fourth-order valence-corrected chi connectivity index (χ4v) is 5.57. The number of carboxylic acids is 1. The number of amides is 1. The first kappa shape index (κ1) is 24.0. The van der Waals surface area contributed by atoms with Crippen LogP contribution in [0.2, 0.25) is 0 Å². The van der Waals surface area contributed by atoms with Gasteiger partial charge in [0.2, 0.25) is 10.6 Å². The van der Waals surface area contributed by atoms with Gasteiger partial charge in [-0.1, -0.05) is 44.0 Å². The third kappa shape index (κ3) is 5.49. The Balaban J connectivity index is 1.51. The van der Waals surface area contributed by atoms with E-state index in [1.165, 1.54) is 0 Å². The predicted octanol–water partition coefficient (Wildman–Crippen LogP) is 4.88. The van der Waals surface area contributed by atoms with E-state index in [9.17, 15) is 9.59 Å². The Bertz CT molecular complexity index is 991. The molecule has 7 nitrogen and oxygen atoms in total. The highest BCUT2D eigenvalue weighted by Crippen LogP contribution is 2.50. The van der Waals surface area contributed by atoms with Crippen molar-refractivity contribution in [2.24, 2.45) is 5.92 Å². The second-order valence-corrected chi connectivity index (χ2v) is 9.70. The average Bonchev–Trinajstić information content (AvgIpc) is 3.51. The molecule has 0 radical (unpaired) electrons. The third-order valence-electron chi connectivity index (χ3n) is 6.78. The van der Waals surface area contributed by atoms with Crippen LogP contribution in [0.15, 0.2) is 33.4 Å². The van der Waals surface area contributed by atoms with Crippen LogP contribution in [0.5, 0.6) is 0 Å². The number of hydrogen-bond acceptors (Lipinski definition) is 5. The molecule has 1 amide bonds. The second kappa shape index (κ2) is 10.8. The number of ether oxygens (including phenoxy) is 1. The Morgan fingerprint density at radius 2 is 1.94 bits per heavy atom. The van der Waals surface area contributed by atoms with Crippen LogP contribution < -0.4 is 5.32 Å². The van der Waals surface area contributed by atoms with E-state index in [-0.39, 0.29) is 42.1 Å². The van der Waals surface area contributed by atoms with E-state index in [1.807, 2.05) is 18.2 Å². The third-order valence-corrected chi connectivity index (χ3v) is 7.31. The van der Waals surface area contributed by atoms with Gasteiger partial charge in [0, 0.05) is 18.9 Å². The standard InChI is InChI=1S/C25H31BrN2O5/c1-2-3-6-13-27-24(31)22-23(26)33-25(28-22)21-17(18-10-11-19(21)32-18)14-16-8-5-4-7-15(16)9-12-20(29)30/h4-5,7-8,17-19,21H,2-3,6,9-14H2,1H3,(H,27,31)(H,29,30)/t17-,18-,19+,21-/m0/s1. The Labute approximate surface area is 202 Å². The van der Waals surface area contributed by atoms with Crippen LogP contribution in [-0.4, -0.2) is 40.7 Å². The van der Waals surface area contributed by atoms with E-state index in [0.29, 0.717) is 23.5 Å². The van der Waals surface area contributed by atoms with Gasteiger partial charge in [-0.2, -0.15) is 0 Å². The van der Waals surface area contributed by atoms with Gasteiger partial charge in [0.15, 0.2) is 5.69 Å². The summed E-state index contributed by atoms with van der Waals surface area (Å²) in [6, 6.07) is 8.02. The summed E-state index contributed by atoms with van der Waals surface area (Å²) >= 11 is 3.39. The fourth-order valence-electron chi connectivity index (χ4n) is 5.13. The van der Waals surface area contributed by atoms with Gasteiger partial charge in [0.1, 0.15) is 0 Å². The number of aliphatic carboxylic acids is 1. The minimum Gasteiger partial charge on any atom is -0.481 e. The summed E-state index contributed by atoms with van der Waals surface area (Å²) in [5.74, 6) is -0.348. The summed E-state index contributed by atoms with van der Waals surface area (Å²) < 4.78 is 12.6. The molecule has 2 saturated heterocycles. The maximum absolute atomic E-state index is 12.6. The topological polar surface area (TPSA) is 102 Å². The minimum absolute atomic E-state index is 0.0252. The summed E-state index contributed by atoms with van der Waals surface area (Å²) in [6.07, 6.45) is 6.57. The molecule has 0 aliphatic carbocycles. The van der Waals surface area contributed by atoms with Crippen molar-refractivity contribution in [2.75, 3.05) is 6.54 Å². The molecule has 3 heterocycles. The van der Waals surface area contributed by atoms with E-state index in [1.54, 1.807) is 0 Å². The number of rotatable bonds is 11. The molecule has 2 bridgehead atoms. The minimum atomic E-state index is -0.795. The fraction of sp³-hybridized carbons (Fsp3) is 0.560. The number of carbonyl (C=O) groups is 2. The Morgan fingerprint density at radius 1 is 1.18 bits per heavy atom. The number of halogens is 1. The van der Waals surface area contributed by atoms with Gasteiger partial charge in [-0.15, -0.1) is 0 Å². The number of carboxylic acid groups (broad SMARTS) is 1. The SMILES string of the molecule is CCCCCNC(=O)c1nc([C@H]2[C@@H](Cc3ccccc3CCC(=O)O)[C@@H]3CC[C@H]2O3)oc1Br. The zero-order valence-electron chi connectivity index (χ0n) is 18.9. The summed E-state index contributed by atoms with van der Waals surface area (Å²) in [6.45, 7) is 2.75. The van der Waals surface area contributed by atoms with Crippen molar-refractivity contribution in [1.82, 2.24) is 10.3 Å². The number of unbranched alkanes of at least 4 members (excludes halogenated alkanes) is 2. The molecule has 2 aromatic rings. The van der Waals surface area contributed by atoms with Gasteiger partial charge >= 0.3 is 5.97 Å². The number of nitrogens with one attached hydrogen (secondary N) is 1. The van der Waals surface area contributed by atoms with Crippen LogP contribution in [0.25, 0.3) is 0 Å². The lowest BCUT2D eigenvalue weighted by molar-refractivity contribution is -0.136. The number of benzene rings is 1. The molecule has 4 rings (SSSR count). The molecule has 0 spiro atoms. The van der Waals surface area contributed by atoms with E-state index < -0.39 is 5.97 Å². The lowest BCUT2D eigenvalue weighted by Crippen LogP contribution is -2.28. The number of fused-ring (bicyclic) bond motifs is 2. The molecule has 0 saturated carbocycles. The predicted molar refractivity (Wildman–Crippen MR) is 126 cm³/mol. The first-order valence-electron chi connectivity index (χ1n) is 11.9. The highest BCUT2D eigenvalue weighted by molar-refractivity contribution is 9.10. The van der Waals surface area contributed by atoms with Crippen LogP contribution >= 0.6 is 15.9 Å². The number of nitrogens with zero attached hydrogens (tertiary/aromatic N) is 1. The molecule has 2 fully saturated rings. The second-order valence-electron chi connectivity index (χ2n) is 8.98. The monoisotopic (exact) mass is 518 g/mol. The first-order valence-corrected chi connectivity index (χ1v) is 12.7. The number of oxazole rings is 1. The summed E-state index contributed by atoms with van der Waals surface area (Å²) in [5, 5.41) is 12.0. The number of aryl methyl sites for hydroxylation is 1. The molecule has 2 aliphatic heterocycles. The van der Waals surface area contributed by atoms with Crippen molar-refractivity contribution in [3.05, 3.63) is 51.6 Å². The molecule has 0 unspecified atom stereocenters. The number of aromatic nitrogens is 1. The van der Waals surface area contributed by atoms with E-state index in [0.717, 1.165) is 49.7 Å². The molecule has 33 heavy (non-hydrogen) atoms. The van der Waals surface area contributed by atoms with Crippen molar-refractivity contribution in [3.8, 4) is 0 Å². The van der Waals surface area contributed by atoms with Gasteiger partial charge in [-0.05, 0) is 59.2 Å². The van der Waals surface area contributed by atoms with E-state index >= 15 is 0 Å². The maximum Gasteiger partial charge on any atom is 0.303 e. The van der Waals surface area contributed by atoms with Crippen LogP contribution in [0.1, 0.15) is 78.9 Å². The zero-order valence-corrected chi connectivity index (χ0v) is 20.5. The highest BCUT2D eigenvalue weighted by atomic mass is 79.9. The molecule has 1 aromatic heterocycles. The maximum atomic E-state index is 12.6. The highest BCUT2D eigenvalue weighted by Gasteiger charge is 2.51. The Morgan fingerprint density at radius 3 is 2.70 bits per heavy atom. The lowest BCUT2D eigenvalue weighted by atomic mass is 9.75. The van der Waals surface area contributed by atoms with Crippen LogP contribution in [-0.2, 0) is 22.4 Å². The first-order chi connectivity index (χ1) is 16.0. The van der Waals surface area contributed by atoms with E-state index in [2.05, 4.69) is 39.2 Å². The van der Waals surface area contributed by atoms with Gasteiger partial charge in [-0.25, -0.2) is 4.98 Å². The summed E-state index contributed by atoms with van der Waals surface area (Å²) in [4.78, 5) is 28.3. The van der Waals surface area contributed by atoms with Crippen molar-refractivity contribution < 1.29 is 23.8 Å². The summed E-state index contributed by atoms with van der Waals surface area (Å²) in [5.41, 5.74) is 2.48. The van der Waals surface area contributed by atoms with Crippen molar-refractivity contribution in [1.29, 1.82) is 0 Å². The van der Waals surface area contributed by atoms with Crippen molar-refractivity contribution in [2.45, 2.75) is 76.4 Å².